The van der Waals surface area contributed by atoms with Gasteiger partial charge in [-0.25, -0.2) is 4.79 Å². The van der Waals surface area contributed by atoms with E-state index in [1.54, 1.807) is 11.1 Å². The average Bonchev–Trinajstić information content (AvgIpc) is 2.54. The molecule has 2 aliphatic rings. The molecule has 2 N–H and O–H groups in total. The van der Waals surface area contributed by atoms with E-state index in [1.807, 2.05) is 18.3 Å². The van der Waals surface area contributed by atoms with E-state index in [2.05, 4.69) is 16.4 Å². The van der Waals surface area contributed by atoms with E-state index in [1.165, 1.54) is 5.56 Å². The first kappa shape index (κ1) is 15.1. The second kappa shape index (κ2) is 5.87. The number of anilines is 1. The number of pyridine rings is 1. The number of aliphatic hydroxyl groups excluding tert-OH is 1. The number of carbonyl (C=O) groups is 2. The lowest BCUT2D eigenvalue weighted by Gasteiger charge is -2.35. The lowest BCUT2D eigenvalue weighted by Crippen LogP contribution is -2.49. The van der Waals surface area contributed by atoms with Crippen LogP contribution in [0.4, 0.5) is 10.5 Å². The Morgan fingerprint density at radius 2 is 2.04 bits per heavy atom. The summed E-state index contributed by atoms with van der Waals surface area (Å²) in [6.07, 6.45) is 5.78. The summed E-state index contributed by atoms with van der Waals surface area (Å²) >= 11 is 0. The van der Waals surface area contributed by atoms with E-state index in [9.17, 15) is 14.7 Å². The van der Waals surface area contributed by atoms with Gasteiger partial charge < -0.3 is 5.11 Å². The molecule has 6 nitrogen and oxygen atoms in total. The smallest absolute Gasteiger partial charge is 0.328 e. The monoisotopic (exact) mass is 325 g/mol. The summed E-state index contributed by atoms with van der Waals surface area (Å²) in [5, 5.41) is 13.6. The highest BCUT2D eigenvalue weighted by Crippen LogP contribution is 2.44. The number of aromatic nitrogens is 1. The predicted octanol–water partition coefficient (Wildman–Crippen LogP) is 2.17. The first-order chi connectivity index (χ1) is 11.7. The molecule has 0 radical (unpaired) electrons. The van der Waals surface area contributed by atoms with Crippen LogP contribution < -0.4 is 10.2 Å². The van der Waals surface area contributed by atoms with E-state index in [0.29, 0.717) is 24.8 Å². The van der Waals surface area contributed by atoms with Gasteiger partial charge in [-0.2, -0.15) is 0 Å². The number of nitrogens with one attached hydrogen (secondary N) is 1. The highest BCUT2D eigenvalue weighted by Gasteiger charge is 2.31. The first-order valence-corrected chi connectivity index (χ1v) is 8.26. The molecule has 2 heterocycles. The van der Waals surface area contributed by atoms with E-state index >= 15 is 0 Å². The molecule has 6 heteroatoms. The summed E-state index contributed by atoms with van der Waals surface area (Å²) in [6, 6.07) is 5.70. The van der Waals surface area contributed by atoms with Crippen LogP contribution in [0.15, 0.2) is 30.6 Å². The average molecular weight is 325 g/mol. The SMILES string of the molecule is O=C1CCN(c2cncc3c(C4CC(CO)C4)cccc23)C(=O)N1. The number of carbonyl (C=O) groups excluding carboxylic acids is 2. The Labute approximate surface area is 139 Å². The van der Waals surface area contributed by atoms with Gasteiger partial charge in [0, 0.05) is 36.5 Å². The van der Waals surface area contributed by atoms with E-state index in [4.69, 9.17) is 0 Å². The van der Waals surface area contributed by atoms with Gasteiger partial charge in [0.25, 0.3) is 0 Å². The zero-order chi connectivity index (χ0) is 16.7. The van der Waals surface area contributed by atoms with E-state index in [-0.39, 0.29) is 12.5 Å². The van der Waals surface area contributed by atoms with Crippen LogP contribution >= 0.6 is 0 Å². The Bertz CT molecular complexity index is 814. The molecule has 24 heavy (non-hydrogen) atoms. The Kier molecular flexibility index (Phi) is 3.69. The maximum Gasteiger partial charge on any atom is 0.328 e. The number of aliphatic hydroxyl groups is 1. The third kappa shape index (κ3) is 2.43. The molecule has 1 aromatic carbocycles. The van der Waals surface area contributed by atoms with E-state index < -0.39 is 6.03 Å². The molecule has 1 aliphatic heterocycles. The molecule has 3 amide bonds. The van der Waals surface area contributed by atoms with Gasteiger partial charge in [-0.15, -0.1) is 0 Å². The fourth-order valence-corrected chi connectivity index (χ4v) is 3.71. The zero-order valence-corrected chi connectivity index (χ0v) is 13.2. The summed E-state index contributed by atoms with van der Waals surface area (Å²) in [5.41, 5.74) is 1.96. The number of hydrogen-bond donors (Lipinski definition) is 2. The molecule has 0 spiro atoms. The molecule has 4 rings (SSSR count). The Balaban J connectivity index is 1.73. The molecule has 1 saturated carbocycles. The molecule has 1 aliphatic carbocycles. The van der Waals surface area contributed by atoms with Gasteiger partial charge in [0.15, 0.2) is 0 Å². The number of imide groups is 1. The number of fused-ring (bicyclic) bond motifs is 1. The molecule has 0 unspecified atom stereocenters. The normalized spacial score (nSPS) is 24.0. The molecule has 2 aromatic rings. The number of hydrogen-bond acceptors (Lipinski definition) is 4. The second-order valence-electron chi connectivity index (χ2n) is 6.57. The molecule has 0 atom stereocenters. The molecule has 124 valence electrons. The van der Waals surface area contributed by atoms with Crippen LogP contribution in [0.5, 0.6) is 0 Å². The highest BCUT2D eigenvalue weighted by atomic mass is 16.3. The third-order valence-electron chi connectivity index (χ3n) is 5.09. The van der Waals surface area contributed by atoms with Gasteiger partial charge in [0.2, 0.25) is 5.91 Å². The van der Waals surface area contributed by atoms with Crippen molar-refractivity contribution in [3.8, 4) is 0 Å². The number of rotatable bonds is 3. The summed E-state index contributed by atoms with van der Waals surface area (Å²) in [5.74, 6) is 0.578. The Morgan fingerprint density at radius 3 is 2.79 bits per heavy atom. The second-order valence-corrected chi connectivity index (χ2v) is 6.57. The Morgan fingerprint density at radius 1 is 1.21 bits per heavy atom. The van der Waals surface area contributed by atoms with Crippen LogP contribution in [-0.4, -0.2) is 35.2 Å². The lowest BCUT2D eigenvalue weighted by atomic mass is 9.71. The van der Waals surface area contributed by atoms with Crippen LogP contribution in [0.1, 0.15) is 30.7 Å². The van der Waals surface area contributed by atoms with Crippen molar-refractivity contribution in [1.82, 2.24) is 10.3 Å². The maximum atomic E-state index is 12.2. The fraction of sp³-hybridized carbons (Fsp3) is 0.389. The Hall–Kier alpha value is -2.47. The van der Waals surface area contributed by atoms with Crippen molar-refractivity contribution in [2.24, 2.45) is 5.92 Å². The summed E-state index contributed by atoms with van der Waals surface area (Å²) < 4.78 is 0. The van der Waals surface area contributed by atoms with Gasteiger partial charge in [-0.1, -0.05) is 18.2 Å². The number of benzene rings is 1. The largest absolute Gasteiger partial charge is 0.396 e. The standard InChI is InChI=1S/C18H19N3O3/c22-10-11-6-12(7-11)13-2-1-3-14-15(13)8-19-9-16(14)21-5-4-17(23)20-18(21)24/h1-3,8-9,11-12,22H,4-7,10H2,(H,20,23,24). The van der Waals surface area contributed by atoms with Gasteiger partial charge >= 0.3 is 6.03 Å². The number of urea groups is 1. The van der Waals surface area contributed by atoms with Crippen molar-refractivity contribution in [1.29, 1.82) is 0 Å². The minimum Gasteiger partial charge on any atom is -0.396 e. The molecule has 0 bridgehead atoms. The fourth-order valence-electron chi connectivity index (χ4n) is 3.71. The van der Waals surface area contributed by atoms with Crippen LogP contribution in [0.3, 0.4) is 0 Å². The number of nitrogens with zero attached hydrogens (tertiary/aromatic N) is 2. The summed E-state index contributed by atoms with van der Waals surface area (Å²) in [7, 11) is 0. The van der Waals surface area contributed by atoms with Crippen molar-refractivity contribution in [2.75, 3.05) is 18.1 Å². The van der Waals surface area contributed by atoms with Crippen LogP contribution in [0.25, 0.3) is 10.8 Å². The van der Waals surface area contributed by atoms with Crippen molar-refractivity contribution >= 4 is 28.4 Å². The van der Waals surface area contributed by atoms with Crippen LogP contribution in [-0.2, 0) is 4.79 Å². The topological polar surface area (TPSA) is 82.5 Å². The van der Waals surface area contributed by atoms with Crippen LogP contribution in [0, 0.1) is 5.92 Å². The van der Waals surface area contributed by atoms with Crippen LogP contribution in [0.2, 0.25) is 0 Å². The third-order valence-corrected chi connectivity index (χ3v) is 5.09. The van der Waals surface area contributed by atoms with Crippen molar-refractivity contribution in [3.63, 3.8) is 0 Å². The summed E-state index contributed by atoms with van der Waals surface area (Å²) in [4.78, 5) is 29.4. The zero-order valence-electron chi connectivity index (χ0n) is 13.2. The molecular formula is C18H19N3O3. The highest BCUT2D eigenvalue weighted by molar-refractivity contribution is 6.10. The van der Waals surface area contributed by atoms with E-state index in [0.717, 1.165) is 29.3 Å². The van der Waals surface area contributed by atoms with Gasteiger partial charge in [0.05, 0.1) is 11.9 Å². The van der Waals surface area contributed by atoms with Crippen molar-refractivity contribution in [3.05, 3.63) is 36.2 Å². The molecular weight excluding hydrogens is 306 g/mol. The van der Waals surface area contributed by atoms with Gasteiger partial charge in [-0.05, 0) is 30.2 Å². The molecule has 1 aromatic heterocycles. The van der Waals surface area contributed by atoms with Crippen molar-refractivity contribution < 1.29 is 14.7 Å². The summed E-state index contributed by atoms with van der Waals surface area (Å²) in [6.45, 7) is 0.610. The van der Waals surface area contributed by atoms with Gasteiger partial charge in [-0.3, -0.25) is 20.0 Å². The maximum absolute atomic E-state index is 12.2. The minimum absolute atomic E-state index is 0.241. The lowest BCUT2D eigenvalue weighted by molar-refractivity contribution is -0.120. The minimum atomic E-state index is -0.394. The van der Waals surface area contributed by atoms with Crippen molar-refractivity contribution in [2.45, 2.75) is 25.2 Å². The predicted molar refractivity (Wildman–Crippen MR) is 89.8 cm³/mol. The first-order valence-electron chi connectivity index (χ1n) is 8.26. The van der Waals surface area contributed by atoms with Gasteiger partial charge in [0.1, 0.15) is 0 Å². The number of amides is 3. The quantitative estimate of drug-likeness (QED) is 0.906. The molecule has 2 fully saturated rings. The molecule has 1 saturated heterocycles.